The summed E-state index contributed by atoms with van der Waals surface area (Å²) in [4.78, 5) is 14.3. The Kier molecular flexibility index (Phi) is 7.55. The van der Waals surface area contributed by atoms with Crippen LogP contribution in [0.1, 0.15) is 18.1 Å². The van der Waals surface area contributed by atoms with E-state index >= 15 is 0 Å². The first-order chi connectivity index (χ1) is 13.0. The fourth-order valence-corrected chi connectivity index (χ4v) is 2.84. The number of benzene rings is 2. The van der Waals surface area contributed by atoms with E-state index < -0.39 is 0 Å². The van der Waals surface area contributed by atoms with Gasteiger partial charge in [0, 0.05) is 24.2 Å². The van der Waals surface area contributed by atoms with Gasteiger partial charge in [0.05, 0.1) is 21.3 Å². The largest absolute Gasteiger partial charge is 0.493 e. The van der Waals surface area contributed by atoms with Gasteiger partial charge in [-0.05, 0) is 42.3 Å². The highest BCUT2D eigenvalue weighted by Gasteiger charge is 2.14. The van der Waals surface area contributed by atoms with Crippen LogP contribution < -0.4 is 14.2 Å². The second-order valence-corrected chi connectivity index (χ2v) is 6.14. The van der Waals surface area contributed by atoms with Crippen molar-refractivity contribution in [1.29, 1.82) is 0 Å². The first-order valence-electron chi connectivity index (χ1n) is 8.54. The van der Waals surface area contributed by atoms with Gasteiger partial charge in [-0.15, -0.1) is 0 Å². The van der Waals surface area contributed by atoms with Crippen LogP contribution in [0.2, 0.25) is 5.02 Å². The van der Waals surface area contributed by atoms with Crippen LogP contribution in [0.4, 0.5) is 0 Å². The summed E-state index contributed by atoms with van der Waals surface area (Å²) in [5.74, 6) is 1.48. The van der Waals surface area contributed by atoms with Gasteiger partial charge >= 0.3 is 0 Å². The van der Waals surface area contributed by atoms with Crippen molar-refractivity contribution in [3.8, 4) is 17.2 Å². The van der Waals surface area contributed by atoms with E-state index in [9.17, 15) is 4.79 Å². The fourth-order valence-electron chi connectivity index (χ4n) is 2.65. The van der Waals surface area contributed by atoms with Crippen molar-refractivity contribution in [1.82, 2.24) is 4.90 Å². The summed E-state index contributed by atoms with van der Waals surface area (Å²) in [6.45, 7) is 2.96. The predicted molar refractivity (Wildman–Crippen MR) is 108 cm³/mol. The Morgan fingerprint density at radius 1 is 1.07 bits per heavy atom. The molecule has 0 spiro atoms. The van der Waals surface area contributed by atoms with Crippen molar-refractivity contribution in [2.45, 2.75) is 13.5 Å². The summed E-state index contributed by atoms with van der Waals surface area (Å²) in [7, 11) is 4.66. The fraction of sp³-hybridized carbons (Fsp3) is 0.286. The maximum absolute atomic E-state index is 12.6. The van der Waals surface area contributed by atoms with Crippen molar-refractivity contribution >= 4 is 23.6 Å². The Morgan fingerprint density at radius 2 is 1.70 bits per heavy atom. The lowest BCUT2D eigenvalue weighted by Crippen LogP contribution is -2.28. The van der Waals surface area contributed by atoms with Crippen LogP contribution >= 0.6 is 11.6 Å². The van der Waals surface area contributed by atoms with Crippen LogP contribution in [-0.4, -0.2) is 38.7 Å². The molecule has 0 atom stereocenters. The smallest absolute Gasteiger partial charge is 0.246 e. The first kappa shape index (κ1) is 20.6. The molecule has 1 amide bonds. The Morgan fingerprint density at radius 3 is 2.22 bits per heavy atom. The molecule has 6 heteroatoms. The average molecular weight is 390 g/mol. The van der Waals surface area contributed by atoms with Crippen molar-refractivity contribution in [3.05, 3.63) is 58.6 Å². The zero-order valence-electron chi connectivity index (χ0n) is 16.0. The number of amides is 1. The summed E-state index contributed by atoms with van der Waals surface area (Å²) in [5, 5.41) is 0.650. The molecule has 2 aromatic rings. The van der Waals surface area contributed by atoms with Gasteiger partial charge in [-0.2, -0.15) is 0 Å². The molecule has 5 nitrogen and oxygen atoms in total. The van der Waals surface area contributed by atoms with E-state index in [1.54, 1.807) is 44.4 Å². The molecule has 2 rings (SSSR count). The van der Waals surface area contributed by atoms with E-state index in [4.69, 9.17) is 25.8 Å². The van der Waals surface area contributed by atoms with E-state index in [1.807, 2.05) is 31.2 Å². The number of rotatable bonds is 8. The van der Waals surface area contributed by atoms with Gasteiger partial charge in [0.15, 0.2) is 11.5 Å². The lowest BCUT2D eigenvalue weighted by atomic mass is 10.1. The van der Waals surface area contributed by atoms with Crippen molar-refractivity contribution in [2.24, 2.45) is 0 Å². The highest BCUT2D eigenvalue weighted by Crippen LogP contribution is 2.38. The first-order valence-corrected chi connectivity index (χ1v) is 8.92. The maximum Gasteiger partial charge on any atom is 0.246 e. The molecule has 0 unspecified atom stereocenters. The molecular formula is C21H24ClNO4. The van der Waals surface area contributed by atoms with E-state index in [-0.39, 0.29) is 5.91 Å². The van der Waals surface area contributed by atoms with Crippen LogP contribution in [0.3, 0.4) is 0 Å². The van der Waals surface area contributed by atoms with Gasteiger partial charge in [-0.25, -0.2) is 0 Å². The van der Waals surface area contributed by atoms with Crippen molar-refractivity contribution < 1.29 is 19.0 Å². The Hall–Kier alpha value is -2.66. The number of halogens is 1. The molecule has 0 radical (unpaired) electrons. The van der Waals surface area contributed by atoms with E-state index in [1.165, 1.54) is 6.08 Å². The van der Waals surface area contributed by atoms with Crippen LogP contribution in [0.15, 0.2) is 42.5 Å². The lowest BCUT2D eigenvalue weighted by molar-refractivity contribution is -0.126. The van der Waals surface area contributed by atoms with Crippen molar-refractivity contribution in [2.75, 3.05) is 27.9 Å². The highest BCUT2D eigenvalue weighted by molar-refractivity contribution is 6.31. The summed E-state index contributed by atoms with van der Waals surface area (Å²) < 4.78 is 16.0. The maximum atomic E-state index is 12.6. The Labute approximate surface area is 165 Å². The standard InChI is InChI=1S/C21H24ClNO4/c1-5-23(14-16-8-6-7-9-17(16)22)20(24)11-10-15-12-18(25-2)21(27-4)19(13-15)26-3/h6-13H,5,14H2,1-4H3/b11-10+. The van der Waals surface area contributed by atoms with Gasteiger partial charge in [0.1, 0.15) is 0 Å². The second-order valence-electron chi connectivity index (χ2n) is 5.74. The second kappa shape index (κ2) is 9.88. The van der Waals surface area contributed by atoms with E-state index in [0.29, 0.717) is 35.4 Å². The van der Waals surface area contributed by atoms with Gasteiger partial charge in [0.2, 0.25) is 11.7 Å². The number of carbonyl (C=O) groups is 1. The molecule has 2 aromatic carbocycles. The third-order valence-corrected chi connectivity index (χ3v) is 4.49. The number of nitrogens with zero attached hydrogens (tertiary/aromatic N) is 1. The van der Waals surface area contributed by atoms with E-state index in [2.05, 4.69) is 0 Å². The average Bonchev–Trinajstić information content (AvgIpc) is 2.70. The third kappa shape index (κ3) is 5.17. The minimum absolute atomic E-state index is 0.105. The Balaban J connectivity index is 2.20. The molecule has 27 heavy (non-hydrogen) atoms. The monoisotopic (exact) mass is 389 g/mol. The number of carbonyl (C=O) groups excluding carboxylic acids is 1. The number of hydrogen-bond donors (Lipinski definition) is 0. The minimum Gasteiger partial charge on any atom is -0.493 e. The highest BCUT2D eigenvalue weighted by atomic mass is 35.5. The normalized spacial score (nSPS) is 10.7. The molecule has 0 saturated heterocycles. The lowest BCUT2D eigenvalue weighted by Gasteiger charge is -2.20. The molecule has 0 aliphatic heterocycles. The zero-order valence-corrected chi connectivity index (χ0v) is 16.7. The molecule has 0 heterocycles. The van der Waals surface area contributed by atoms with Crippen LogP contribution in [-0.2, 0) is 11.3 Å². The molecule has 0 fully saturated rings. The molecule has 0 aliphatic rings. The number of ether oxygens (including phenoxy) is 3. The minimum atomic E-state index is -0.105. The van der Waals surface area contributed by atoms with E-state index in [0.717, 1.165) is 11.1 Å². The van der Waals surface area contributed by atoms with Gasteiger partial charge in [-0.1, -0.05) is 29.8 Å². The SMILES string of the molecule is CCN(Cc1ccccc1Cl)C(=O)/C=C/c1cc(OC)c(OC)c(OC)c1. The number of methoxy groups -OCH3 is 3. The Bertz CT molecular complexity index is 795. The van der Waals surface area contributed by atoms with Crippen LogP contribution in [0.5, 0.6) is 17.2 Å². The predicted octanol–water partition coefficient (Wildman–Crippen LogP) is 4.43. The summed E-state index contributed by atoms with van der Waals surface area (Å²) >= 11 is 6.20. The molecule has 0 aliphatic carbocycles. The quantitative estimate of drug-likeness (QED) is 0.627. The topological polar surface area (TPSA) is 48.0 Å². The van der Waals surface area contributed by atoms with Gasteiger partial charge in [-0.3, -0.25) is 4.79 Å². The number of hydrogen-bond acceptors (Lipinski definition) is 4. The summed E-state index contributed by atoms with van der Waals surface area (Å²) in [6.07, 6.45) is 3.25. The molecule has 0 saturated carbocycles. The summed E-state index contributed by atoms with van der Waals surface area (Å²) in [6, 6.07) is 11.1. The van der Waals surface area contributed by atoms with Gasteiger partial charge in [0.25, 0.3) is 0 Å². The zero-order chi connectivity index (χ0) is 19.8. The van der Waals surface area contributed by atoms with Crippen LogP contribution in [0.25, 0.3) is 6.08 Å². The molecule has 0 bridgehead atoms. The molecule has 144 valence electrons. The van der Waals surface area contributed by atoms with Crippen LogP contribution in [0, 0.1) is 0 Å². The molecule has 0 aromatic heterocycles. The summed E-state index contributed by atoms with van der Waals surface area (Å²) in [5.41, 5.74) is 1.68. The number of likely N-dealkylation sites (N-methyl/N-ethyl adjacent to an activating group) is 1. The molecule has 0 N–H and O–H groups in total. The third-order valence-electron chi connectivity index (χ3n) is 4.12. The molecular weight excluding hydrogens is 366 g/mol. The van der Waals surface area contributed by atoms with Gasteiger partial charge < -0.3 is 19.1 Å². The van der Waals surface area contributed by atoms with Crippen molar-refractivity contribution in [3.63, 3.8) is 0 Å².